The highest BCUT2D eigenvalue weighted by molar-refractivity contribution is 5.97. The Morgan fingerprint density at radius 2 is 0.617 bits per heavy atom. The predicted octanol–water partition coefficient (Wildman–Crippen LogP) is 12.6. The molecule has 694 valence electrons. The lowest BCUT2D eigenvalue weighted by molar-refractivity contribution is -0.145. The molecule has 0 aromatic heterocycles. The molecule has 0 aliphatic carbocycles. The zero-order valence-corrected chi connectivity index (χ0v) is 79.1. The fourth-order valence-electron chi connectivity index (χ4n) is 13.7. The molecule has 0 radical (unpaired) electrons. The van der Waals surface area contributed by atoms with Crippen LogP contribution in [0.3, 0.4) is 0 Å². The molecule has 3 N–H and O–H groups in total. The van der Waals surface area contributed by atoms with E-state index < -0.39 is 65.8 Å². The van der Waals surface area contributed by atoms with Crippen LogP contribution in [0.15, 0.2) is 48.6 Å². The van der Waals surface area contributed by atoms with Gasteiger partial charge in [-0.15, -0.1) is 0 Å². The first kappa shape index (κ1) is 114. The van der Waals surface area contributed by atoms with Crippen molar-refractivity contribution in [1.82, 2.24) is 64.9 Å². The molecule has 25 heteroatoms. The van der Waals surface area contributed by atoms with Crippen molar-refractivity contribution in [3.05, 3.63) is 48.6 Å². The molecule has 5 amide bonds. The summed E-state index contributed by atoms with van der Waals surface area (Å²) < 4.78 is 11.1. The monoisotopic (exact) mass is 1690 g/mol. The van der Waals surface area contributed by atoms with E-state index in [1.54, 1.807) is 38.0 Å². The molecule has 4 atom stereocenters. The maximum Gasteiger partial charge on any atom is 0.307 e. The van der Waals surface area contributed by atoms with E-state index in [4.69, 9.17) is 9.47 Å². The van der Waals surface area contributed by atoms with Gasteiger partial charge in [-0.1, -0.05) is 160 Å². The number of ether oxygens (including phenoxy) is 2. The average molecular weight is 1690 g/mol. The molecule has 0 heterocycles. The number of carbonyl (C=O) groups excluding carboxylic acids is 10. The van der Waals surface area contributed by atoms with Crippen molar-refractivity contribution in [2.24, 2.45) is 23.7 Å². The zero-order valence-electron chi connectivity index (χ0n) is 79.1. The van der Waals surface area contributed by atoms with Gasteiger partial charge in [0.1, 0.15) is 17.3 Å². The molecule has 0 saturated heterocycles. The van der Waals surface area contributed by atoms with Gasteiger partial charge in [0.25, 0.3) is 0 Å². The second-order valence-electron chi connectivity index (χ2n) is 34.1. The van der Waals surface area contributed by atoms with E-state index in [1.807, 2.05) is 70.2 Å². The number of rotatable bonds is 82. The molecule has 25 nitrogen and oxygen atoms in total. The molecule has 0 aliphatic heterocycles. The van der Waals surface area contributed by atoms with E-state index in [-0.39, 0.29) is 81.2 Å². The van der Waals surface area contributed by atoms with E-state index in [9.17, 15) is 43.2 Å². The van der Waals surface area contributed by atoms with Gasteiger partial charge >= 0.3 is 11.9 Å². The van der Waals surface area contributed by atoms with Crippen LogP contribution < -0.4 is 16.0 Å². The smallest absolute Gasteiger partial charge is 0.307 e. The molecular weight excluding hydrogens is 1520 g/mol. The first-order valence-corrected chi connectivity index (χ1v) is 46.8. The number of carbonyl (C=O) groups is 10. The van der Waals surface area contributed by atoms with E-state index in [0.717, 1.165) is 83.7 Å². The number of esters is 2. The molecule has 0 saturated carbocycles. The molecule has 0 aromatic rings. The summed E-state index contributed by atoms with van der Waals surface area (Å²) in [7, 11) is 22.1. The summed E-state index contributed by atoms with van der Waals surface area (Å²) in [6.07, 6.45) is 45.8. The standard InChI is InChI=1S/C95H177N13O12/c1-17-21-24-26-28-30-32-34-36-38-40-42-44-46-48-50-73-119-91(114)52-57-99(7)61-63-103(11)66-70-105(13)89(112)80-83(88(111)79-85(95(118)108(16)71-67-102(10)60-56-97-6)78-87(110)77-84(93(116)98-54-23-19-3)81-90(113)106(14)69-65-101(9)59-55-96-5)76-86(109)75-82(20-4)94(117)107(15)72-68-104(12)64-62-100(8)58-53-92(115)120-74-51-49-47-45-43-41-39-37-35-33-31-29-27-25-22-18-2/h28-31,34-37,82-85,96-97H,17-27,32-33,38-81H2,1-16H3,(H,98,116)/b30-28-,31-29-,36-34-,37-35-. The second kappa shape index (κ2) is 76.6. The first-order valence-electron chi connectivity index (χ1n) is 46.8. The molecule has 0 aliphatic rings. The van der Waals surface area contributed by atoms with Crippen molar-refractivity contribution in [3.8, 4) is 0 Å². The maximum atomic E-state index is 15.2. The first-order chi connectivity index (χ1) is 57.7. The highest BCUT2D eigenvalue weighted by Gasteiger charge is 2.36. The minimum atomic E-state index is -1.23. The van der Waals surface area contributed by atoms with Crippen molar-refractivity contribution in [2.45, 2.75) is 259 Å². The average Bonchev–Trinajstić information content (AvgIpc) is 0.847. The molecule has 0 spiro atoms. The highest BCUT2D eigenvalue weighted by Crippen LogP contribution is 2.26. The fraction of sp³-hybridized carbons (Fsp3) is 0.811. The lowest BCUT2D eigenvalue weighted by Crippen LogP contribution is -2.42. The van der Waals surface area contributed by atoms with Gasteiger partial charge in [0.2, 0.25) is 29.5 Å². The molecule has 0 aromatic carbocycles. The summed E-state index contributed by atoms with van der Waals surface area (Å²) in [6.45, 7) is 19.6. The molecule has 0 bridgehead atoms. The summed E-state index contributed by atoms with van der Waals surface area (Å²) in [4.78, 5) is 160. The van der Waals surface area contributed by atoms with Gasteiger partial charge in [-0.05, 0) is 146 Å². The van der Waals surface area contributed by atoms with Crippen molar-refractivity contribution in [1.29, 1.82) is 0 Å². The Morgan fingerprint density at radius 3 is 1.01 bits per heavy atom. The number of nitrogens with zero attached hydrogens (tertiary/aromatic N) is 10. The Kier molecular flexibility index (Phi) is 72.7. The summed E-state index contributed by atoms with van der Waals surface area (Å²) in [5, 5.41) is 9.18. The summed E-state index contributed by atoms with van der Waals surface area (Å²) in [5.74, 6) is -7.91. The number of hydrogen-bond donors (Lipinski definition) is 3. The van der Waals surface area contributed by atoms with E-state index in [0.29, 0.717) is 131 Å². The molecule has 120 heavy (non-hydrogen) atoms. The SMILES string of the molecule is CCCCC/C=C\C/C=C\CCCCCCCCOC(=O)CCN(C)CCN(C)CCN(C)C(=O)CC(CC(=O)CC(CC)C(=O)N(C)CCN(C)CCN(C)CCC(=O)OCCCCCCCC/C=C\C/C=C\CCCCC)C(=O)CC(CC(=O)CC(CC(=O)N(C)CCN(C)CCNC)C(=O)NCCCC)C(=O)N(C)CCN(C)CCNC. The Labute approximate surface area is 730 Å². The van der Waals surface area contributed by atoms with Crippen LogP contribution in [-0.2, 0) is 57.4 Å². The van der Waals surface area contributed by atoms with Gasteiger partial charge in [0.05, 0.1) is 37.9 Å². The van der Waals surface area contributed by atoms with Gasteiger partial charge in [-0.3, -0.25) is 47.9 Å². The number of likely N-dealkylation sites (N-methyl/N-ethyl adjacent to an activating group) is 12. The Bertz CT molecular complexity index is 2830. The van der Waals surface area contributed by atoms with Gasteiger partial charge in [-0.2, -0.15) is 0 Å². The van der Waals surface area contributed by atoms with Crippen LogP contribution in [0.4, 0.5) is 0 Å². The minimum Gasteiger partial charge on any atom is -0.466 e. The van der Waals surface area contributed by atoms with Crippen LogP contribution in [-0.4, -0.2) is 330 Å². The summed E-state index contributed by atoms with van der Waals surface area (Å²) >= 11 is 0. The van der Waals surface area contributed by atoms with Crippen molar-refractivity contribution >= 4 is 58.8 Å². The summed E-state index contributed by atoms with van der Waals surface area (Å²) in [6, 6.07) is 0. The van der Waals surface area contributed by atoms with Crippen LogP contribution >= 0.6 is 0 Å². The Balaban J connectivity index is 6.31. The van der Waals surface area contributed by atoms with E-state index >= 15 is 4.79 Å². The summed E-state index contributed by atoms with van der Waals surface area (Å²) in [5.41, 5.74) is 0. The number of allylic oxidation sites excluding steroid dienone is 8. The number of hydrogen-bond acceptors (Lipinski definition) is 20. The van der Waals surface area contributed by atoms with Crippen molar-refractivity contribution < 1.29 is 57.4 Å². The quantitative estimate of drug-likeness (QED) is 0.0290. The van der Waals surface area contributed by atoms with Crippen molar-refractivity contribution in [3.63, 3.8) is 0 Å². The van der Waals surface area contributed by atoms with Crippen LogP contribution in [0.5, 0.6) is 0 Å². The number of amides is 5. The second-order valence-corrected chi connectivity index (χ2v) is 34.1. The molecule has 0 fully saturated rings. The van der Waals surface area contributed by atoms with Crippen LogP contribution in [0.2, 0.25) is 0 Å². The maximum absolute atomic E-state index is 15.2. The van der Waals surface area contributed by atoms with E-state index in [2.05, 4.69) is 108 Å². The normalized spacial score (nSPS) is 13.0. The molecular formula is C95H177N13O12. The van der Waals surface area contributed by atoms with Gasteiger partial charge in [-0.25, -0.2) is 0 Å². The Hall–Kier alpha value is -6.06. The minimum absolute atomic E-state index is 0.183. The predicted molar refractivity (Wildman–Crippen MR) is 493 cm³/mol. The fourth-order valence-corrected chi connectivity index (χ4v) is 13.7. The number of unbranched alkanes of at least 4 members (excludes halogenated alkanes) is 19. The zero-order chi connectivity index (χ0) is 89.4. The molecule has 0 rings (SSSR count). The van der Waals surface area contributed by atoms with Gasteiger partial charge in [0, 0.05) is 209 Å². The number of ketones is 3. The van der Waals surface area contributed by atoms with Crippen LogP contribution in [0.1, 0.15) is 259 Å². The van der Waals surface area contributed by atoms with Crippen molar-refractivity contribution in [2.75, 3.05) is 222 Å². The Morgan fingerprint density at radius 1 is 0.300 bits per heavy atom. The third kappa shape index (κ3) is 63.8. The van der Waals surface area contributed by atoms with Gasteiger partial charge in [0.15, 0.2) is 0 Å². The van der Waals surface area contributed by atoms with Gasteiger partial charge < -0.3 is 74.4 Å². The third-order valence-electron chi connectivity index (χ3n) is 22.7. The number of Topliss-reactive ketones (excluding diaryl/α,β-unsaturated/α-hetero) is 3. The lowest BCUT2D eigenvalue weighted by atomic mass is 9.83. The van der Waals surface area contributed by atoms with Crippen LogP contribution in [0, 0.1) is 23.7 Å². The largest absolute Gasteiger partial charge is 0.466 e. The van der Waals surface area contributed by atoms with E-state index in [1.165, 1.54) is 99.7 Å². The topological polar surface area (TPSA) is 258 Å². The lowest BCUT2D eigenvalue weighted by Gasteiger charge is -2.28. The molecule has 4 unspecified atom stereocenters. The number of nitrogens with one attached hydrogen (secondary N) is 3. The third-order valence-corrected chi connectivity index (χ3v) is 22.7. The van der Waals surface area contributed by atoms with Crippen LogP contribution in [0.25, 0.3) is 0 Å². The highest BCUT2D eigenvalue weighted by atomic mass is 16.5.